The highest BCUT2D eigenvalue weighted by molar-refractivity contribution is 6.31. The third kappa shape index (κ3) is 2.61. The van der Waals surface area contributed by atoms with Crippen molar-refractivity contribution in [3.8, 4) is 0 Å². The van der Waals surface area contributed by atoms with Gasteiger partial charge in [-0.1, -0.05) is 29.8 Å². The van der Waals surface area contributed by atoms with E-state index in [1.165, 1.54) is 12.1 Å². The Hall–Kier alpha value is -1.65. The first-order valence-electron chi connectivity index (χ1n) is 6.99. The lowest BCUT2D eigenvalue weighted by Crippen LogP contribution is -2.29. The minimum Gasteiger partial charge on any atom is -0.324 e. The predicted molar refractivity (Wildman–Crippen MR) is 81.1 cm³/mol. The van der Waals surface area contributed by atoms with Crippen LogP contribution in [-0.2, 0) is 13.0 Å². The minimum absolute atomic E-state index is 0.0384. The fraction of sp³-hybridized carbons (Fsp3) is 0.312. The number of benzene rings is 1. The van der Waals surface area contributed by atoms with Crippen molar-refractivity contribution in [3.05, 3.63) is 68.3 Å². The molecule has 0 aliphatic heterocycles. The number of nitrogens with zero attached hydrogens (tertiary/aromatic N) is 1. The number of halogens is 2. The minimum atomic E-state index is -0.469. The summed E-state index contributed by atoms with van der Waals surface area (Å²) in [7, 11) is 0. The van der Waals surface area contributed by atoms with Crippen molar-refractivity contribution < 1.29 is 4.39 Å². The molecule has 3 nitrogen and oxygen atoms in total. The van der Waals surface area contributed by atoms with E-state index in [2.05, 4.69) is 0 Å². The van der Waals surface area contributed by atoms with Crippen LogP contribution < -0.4 is 11.3 Å². The van der Waals surface area contributed by atoms with Crippen molar-refractivity contribution in [2.75, 3.05) is 0 Å². The Kier molecular flexibility index (Phi) is 3.83. The Bertz CT molecular complexity index is 742. The van der Waals surface area contributed by atoms with E-state index < -0.39 is 5.82 Å². The van der Waals surface area contributed by atoms with E-state index >= 15 is 0 Å². The molecule has 1 atom stereocenters. The van der Waals surface area contributed by atoms with Crippen molar-refractivity contribution >= 4 is 11.6 Å². The lowest BCUT2D eigenvalue weighted by molar-refractivity contribution is 0.529. The van der Waals surface area contributed by atoms with Crippen LogP contribution in [0.2, 0.25) is 5.02 Å². The molecule has 0 saturated carbocycles. The number of pyridine rings is 1. The van der Waals surface area contributed by atoms with Gasteiger partial charge in [0.25, 0.3) is 5.56 Å². The zero-order chi connectivity index (χ0) is 15.0. The van der Waals surface area contributed by atoms with Gasteiger partial charge in [0.1, 0.15) is 5.82 Å². The van der Waals surface area contributed by atoms with Crippen LogP contribution in [-0.4, -0.2) is 4.57 Å². The highest BCUT2D eigenvalue weighted by Gasteiger charge is 2.20. The highest BCUT2D eigenvalue weighted by atomic mass is 35.5. The fourth-order valence-electron chi connectivity index (χ4n) is 2.91. The molecular formula is C16H16ClFN2O. The van der Waals surface area contributed by atoms with Gasteiger partial charge in [0, 0.05) is 17.8 Å². The Morgan fingerprint density at radius 2 is 2.14 bits per heavy atom. The quantitative estimate of drug-likeness (QED) is 0.927. The third-order valence-corrected chi connectivity index (χ3v) is 4.44. The van der Waals surface area contributed by atoms with Crippen LogP contribution in [0, 0.1) is 5.82 Å². The van der Waals surface area contributed by atoms with Gasteiger partial charge in [-0.25, -0.2) is 4.39 Å². The Morgan fingerprint density at radius 1 is 1.33 bits per heavy atom. The second kappa shape index (κ2) is 5.62. The van der Waals surface area contributed by atoms with E-state index in [1.54, 1.807) is 16.7 Å². The van der Waals surface area contributed by atoms with Crippen LogP contribution in [0.3, 0.4) is 0 Å². The first-order chi connectivity index (χ1) is 10.1. The molecule has 1 aliphatic rings. The standard InChI is InChI=1S/C16H16ClFN2O/c17-16-10(3-1-4-12(16)18)9-20-14-6-2-5-13(19)11(14)7-8-15(20)21/h1,3-4,7-8,13H,2,5-6,9,19H2. The van der Waals surface area contributed by atoms with Crippen LogP contribution in [0.15, 0.2) is 35.1 Å². The topological polar surface area (TPSA) is 48.0 Å². The summed E-state index contributed by atoms with van der Waals surface area (Å²) in [6.45, 7) is 0.269. The predicted octanol–water partition coefficient (Wildman–Crippen LogP) is 3.03. The fourth-order valence-corrected chi connectivity index (χ4v) is 3.10. The van der Waals surface area contributed by atoms with Gasteiger partial charge in [0.15, 0.2) is 0 Å². The molecule has 3 rings (SSSR count). The summed E-state index contributed by atoms with van der Waals surface area (Å²) in [4.78, 5) is 12.2. The summed E-state index contributed by atoms with van der Waals surface area (Å²) in [5, 5.41) is 0.0714. The Labute approximate surface area is 127 Å². The van der Waals surface area contributed by atoms with Crippen molar-refractivity contribution in [1.82, 2.24) is 4.57 Å². The molecule has 0 amide bonds. The van der Waals surface area contributed by atoms with Gasteiger partial charge in [-0.15, -0.1) is 0 Å². The summed E-state index contributed by atoms with van der Waals surface area (Å²) in [5.41, 5.74) is 8.56. The number of hydrogen-bond donors (Lipinski definition) is 1. The molecule has 0 spiro atoms. The molecule has 110 valence electrons. The molecule has 21 heavy (non-hydrogen) atoms. The second-order valence-corrected chi connectivity index (χ2v) is 5.75. The summed E-state index contributed by atoms with van der Waals surface area (Å²) < 4.78 is 15.2. The van der Waals surface area contributed by atoms with Crippen LogP contribution in [0.5, 0.6) is 0 Å². The lowest BCUT2D eigenvalue weighted by Gasteiger charge is -2.25. The van der Waals surface area contributed by atoms with Crippen molar-refractivity contribution in [3.63, 3.8) is 0 Å². The van der Waals surface area contributed by atoms with Gasteiger partial charge in [-0.05, 0) is 36.5 Å². The second-order valence-electron chi connectivity index (χ2n) is 5.37. The van der Waals surface area contributed by atoms with E-state index in [-0.39, 0.29) is 23.2 Å². The zero-order valence-corrected chi connectivity index (χ0v) is 12.2. The third-order valence-electron chi connectivity index (χ3n) is 4.02. The monoisotopic (exact) mass is 306 g/mol. The largest absolute Gasteiger partial charge is 0.324 e. The molecule has 1 aromatic heterocycles. The molecule has 0 bridgehead atoms. The van der Waals surface area contributed by atoms with Gasteiger partial charge in [-0.3, -0.25) is 4.79 Å². The molecule has 1 unspecified atom stereocenters. The molecule has 0 saturated heterocycles. The maximum atomic E-state index is 13.5. The first kappa shape index (κ1) is 14.3. The van der Waals surface area contributed by atoms with Gasteiger partial charge >= 0.3 is 0 Å². The highest BCUT2D eigenvalue weighted by Crippen LogP contribution is 2.28. The smallest absolute Gasteiger partial charge is 0.251 e. The van der Waals surface area contributed by atoms with Gasteiger partial charge < -0.3 is 10.3 Å². The van der Waals surface area contributed by atoms with Crippen LogP contribution in [0.4, 0.5) is 4.39 Å². The van der Waals surface area contributed by atoms with E-state index in [1.807, 2.05) is 6.07 Å². The number of hydrogen-bond acceptors (Lipinski definition) is 2. The van der Waals surface area contributed by atoms with Crippen molar-refractivity contribution in [2.24, 2.45) is 5.73 Å². The van der Waals surface area contributed by atoms with E-state index in [0.717, 1.165) is 30.5 Å². The maximum absolute atomic E-state index is 13.5. The summed E-state index contributed by atoms with van der Waals surface area (Å²) in [6, 6.07) is 7.94. The van der Waals surface area contributed by atoms with Crippen molar-refractivity contribution in [1.29, 1.82) is 0 Å². The van der Waals surface area contributed by atoms with Crippen molar-refractivity contribution in [2.45, 2.75) is 31.8 Å². The lowest BCUT2D eigenvalue weighted by atomic mass is 9.91. The Balaban J connectivity index is 2.09. The van der Waals surface area contributed by atoms with E-state index in [9.17, 15) is 9.18 Å². The molecule has 5 heteroatoms. The molecular weight excluding hydrogens is 291 g/mol. The zero-order valence-electron chi connectivity index (χ0n) is 11.5. The number of fused-ring (bicyclic) bond motifs is 1. The molecule has 2 N–H and O–H groups in total. The molecule has 1 aliphatic carbocycles. The van der Waals surface area contributed by atoms with Crippen LogP contribution >= 0.6 is 11.6 Å². The van der Waals surface area contributed by atoms with Gasteiger partial charge in [0.2, 0.25) is 0 Å². The van der Waals surface area contributed by atoms with E-state index in [4.69, 9.17) is 17.3 Å². The summed E-state index contributed by atoms with van der Waals surface area (Å²) >= 11 is 5.99. The SMILES string of the molecule is NC1CCCc2c1ccc(=O)n2Cc1cccc(F)c1Cl. The van der Waals surface area contributed by atoms with E-state index in [0.29, 0.717) is 5.56 Å². The van der Waals surface area contributed by atoms with Gasteiger partial charge in [-0.2, -0.15) is 0 Å². The molecule has 2 aromatic rings. The van der Waals surface area contributed by atoms with Gasteiger partial charge in [0.05, 0.1) is 11.6 Å². The number of nitrogens with two attached hydrogens (primary N) is 1. The summed E-state index contributed by atoms with van der Waals surface area (Å²) in [6.07, 6.45) is 2.69. The molecule has 1 aromatic carbocycles. The summed E-state index contributed by atoms with van der Waals surface area (Å²) in [5.74, 6) is -0.469. The maximum Gasteiger partial charge on any atom is 0.251 e. The average Bonchev–Trinajstić information content (AvgIpc) is 2.47. The Morgan fingerprint density at radius 3 is 2.95 bits per heavy atom. The van der Waals surface area contributed by atoms with Crippen LogP contribution in [0.25, 0.3) is 0 Å². The average molecular weight is 307 g/mol. The number of aromatic nitrogens is 1. The molecule has 1 heterocycles. The molecule has 0 radical (unpaired) electrons. The number of rotatable bonds is 2. The normalized spacial score (nSPS) is 17.6. The molecule has 0 fully saturated rings. The van der Waals surface area contributed by atoms with Crippen LogP contribution in [0.1, 0.15) is 35.7 Å². The first-order valence-corrected chi connectivity index (χ1v) is 7.37.